The summed E-state index contributed by atoms with van der Waals surface area (Å²) in [7, 11) is 0. The zero-order chi connectivity index (χ0) is 10.5. The van der Waals surface area contributed by atoms with E-state index in [-0.39, 0.29) is 6.54 Å². The van der Waals surface area contributed by atoms with Gasteiger partial charge in [0, 0.05) is 11.1 Å². The number of H-pyrrole nitrogens is 1. The minimum absolute atomic E-state index is 0.150. The van der Waals surface area contributed by atoms with Crippen molar-refractivity contribution in [2.24, 2.45) is 5.11 Å². The summed E-state index contributed by atoms with van der Waals surface area (Å²) in [6, 6.07) is 3.69. The Bertz CT molecular complexity index is 581. The average Bonchev–Trinajstić information content (AvgIpc) is 2.68. The predicted molar refractivity (Wildman–Crippen MR) is 54.8 cm³/mol. The highest BCUT2D eigenvalue weighted by Crippen LogP contribution is 2.10. The van der Waals surface area contributed by atoms with Gasteiger partial charge in [0.2, 0.25) is 0 Å². The number of hydrogen-bond acceptors (Lipinski definition) is 3. The molecular formula is C9H6N6. The van der Waals surface area contributed by atoms with Gasteiger partial charge in [-0.2, -0.15) is 5.10 Å². The maximum absolute atomic E-state index is 8.06. The first-order valence-corrected chi connectivity index (χ1v) is 4.20. The molecule has 0 radical (unpaired) electrons. The van der Waals surface area contributed by atoms with Crippen LogP contribution in [0.5, 0.6) is 0 Å². The van der Waals surface area contributed by atoms with Gasteiger partial charge in [-0.15, -0.1) is 0 Å². The molecule has 0 spiro atoms. The number of aromatic amines is 1. The van der Waals surface area contributed by atoms with Crippen LogP contribution in [-0.4, -0.2) is 21.7 Å². The molecule has 0 aliphatic heterocycles. The lowest BCUT2D eigenvalue weighted by atomic mass is 10.2. The van der Waals surface area contributed by atoms with Crippen LogP contribution in [0.2, 0.25) is 0 Å². The van der Waals surface area contributed by atoms with E-state index in [0.29, 0.717) is 11.3 Å². The highest BCUT2D eigenvalue weighted by atomic mass is 15.1. The fourth-order valence-corrected chi connectivity index (χ4v) is 1.14. The van der Waals surface area contributed by atoms with Gasteiger partial charge in [-0.05, 0) is 23.6 Å². The Morgan fingerprint density at radius 3 is 3.40 bits per heavy atom. The summed E-state index contributed by atoms with van der Waals surface area (Å²) >= 11 is 0. The van der Waals surface area contributed by atoms with Crippen molar-refractivity contribution in [1.29, 1.82) is 0 Å². The Morgan fingerprint density at radius 2 is 2.53 bits per heavy atom. The Labute approximate surface area is 85.0 Å². The van der Waals surface area contributed by atoms with E-state index < -0.39 is 0 Å². The topological polar surface area (TPSA) is 90.3 Å². The zero-order valence-corrected chi connectivity index (χ0v) is 7.68. The zero-order valence-electron chi connectivity index (χ0n) is 7.68. The first-order valence-electron chi connectivity index (χ1n) is 4.20. The summed E-state index contributed by atoms with van der Waals surface area (Å²) in [5.41, 5.74) is 9.37. The number of nitrogens with zero attached hydrogens (tertiary/aromatic N) is 5. The molecule has 0 aliphatic carbocycles. The molecule has 0 aliphatic rings. The van der Waals surface area contributed by atoms with E-state index in [0.717, 1.165) is 5.39 Å². The van der Waals surface area contributed by atoms with Crippen molar-refractivity contribution in [3.05, 3.63) is 34.5 Å². The molecule has 0 saturated heterocycles. The van der Waals surface area contributed by atoms with Crippen LogP contribution >= 0.6 is 0 Å². The van der Waals surface area contributed by atoms with E-state index >= 15 is 0 Å². The number of hydrogen-bond donors (Lipinski definition) is 1. The van der Waals surface area contributed by atoms with Crippen LogP contribution < -0.4 is 0 Å². The number of azide groups is 1. The molecule has 2 aromatic heterocycles. The van der Waals surface area contributed by atoms with Crippen molar-refractivity contribution in [3.63, 3.8) is 0 Å². The van der Waals surface area contributed by atoms with Gasteiger partial charge in [-0.1, -0.05) is 11.0 Å². The van der Waals surface area contributed by atoms with E-state index in [4.69, 9.17) is 5.53 Å². The third kappa shape index (κ3) is 1.88. The van der Waals surface area contributed by atoms with Gasteiger partial charge in [0.25, 0.3) is 0 Å². The van der Waals surface area contributed by atoms with Crippen molar-refractivity contribution in [1.82, 2.24) is 15.2 Å². The minimum atomic E-state index is 0.150. The molecule has 0 unspecified atom stereocenters. The lowest BCUT2D eigenvalue weighted by molar-refractivity contribution is 1.08. The monoisotopic (exact) mass is 198 g/mol. The molecule has 2 aromatic rings. The van der Waals surface area contributed by atoms with Crippen molar-refractivity contribution in [2.45, 2.75) is 0 Å². The number of rotatable bonds is 1. The third-order valence-corrected chi connectivity index (χ3v) is 1.76. The van der Waals surface area contributed by atoms with Gasteiger partial charge in [-0.3, -0.25) is 5.10 Å². The van der Waals surface area contributed by atoms with Crippen LogP contribution in [0.15, 0.2) is 23.4 Å². The lowest BCUT2D eigenvalue weighted by Gasteiger charge is -1.84. The van der Waals surface area contributed by atoms with Crippen LogP contribution in [0.1, 0.15) is 5.69 Å². The Balaban J connectivity index is 2.35. The summed E-state index contributed by atoms with van der Waals surface area (Å²) < 4.78 is 0. The van der Waals surface area contributed by atoms with Crippen LogP contribution in [-0.2, 0) is 0 Å². The van der Waals surface area contributed by atoms with Crippen molar-refractivity contribution >= 4 is 11.0 Å². The van der Waals surface area contributed by atoms with E-state index in [1.807, 2.05) is 12.1 Å². The minimum Gasteiger partial charge on any atom is -0.267 e. The Kier molecular flexibility index (Phi) is 2.50. The van der Waals surface area contributed by atoms with Crippen LogP contribution in [0, 0.1) is 11.8 Å². The quantitative estimate of drug-likeness (QED) is 0.326. The van der Waals surface area contributed by atoms with Crippen LogP contribution in [0.4, 0.5) is 0 Å². The van der Waals surface area contributed by atoms with Gasteiger partial charge in [0.1, 0.15) is 5.69 Å². The maximum Gasteiger partial charge on any atom is 0.182 e. The highest BCUT2D eigenvalue weighted by Gasteiger charge is 2.00. The second-order valence-electron chi connectivity index (χ2n) is 2.66. The molecule has 1 N–H and O–H groups in total. The molecule has 0 amide bonds. The second kappa shape index (κ2) is 4.13. The van der Waals surface area contributed by atoms with Crippen LogP contribution in [0.3, 0.4) is 0 Å². The molecule has 0 fully saturated rings. The Hall–Kier alpha value is -2.51. The number of aromatic nitrogens is 3. The maximum atomic E-state index is 8.06. The molecule has 0 bridgehead atoms. The van der Waals surface area contributed by atoms with E-state index in [1.165, 1.54) is 0 Å². The van der Waals surface area contributed by atoms with Crippen molar-refractivity contribution in [2.75, 3.05) is 6.54 Å². The van der Waals surface area contributed by atoms with Crippen LogP contribution in [0.25, 0.3) is 21.5 Å². The Morgan fingerprint density at radius 1 is 1.60 bits per heavy atom. The molecule has 6 heteroatoms. The van der Waals surface area contributed by atoms with Gasteiger partial charge in [-0.25, -0.2) is 4.98 Å². The summed E-state index contributed by atoms with van der Waals surface area (Å²) in [5, 5.41) is 10.9. The molecule has 15 heavy (non-hydrogen) atoms. The standard InChI is InChI=1S/C9H6N6/c10-15-12-6-2-4-8-7-3-1-5-11-9(7)14-13-8/h1,3,5H,6H2,(H,11,13,14). The van der Waals surface area contributed by atoms with E-state index in [1.54, 1.807) is 6.20 Å². The molecule has 0 saturated carbocycles. The molecular weight excluding hydrogens is 192 g/mol. The fraction of sp³-hybridized carbons (Fsp3) is 0.111. The summed E-state index contributed by atoms with van der Waals surface area (Å²) in [4.78, 5) is 6.66. The largest absolute Gasteiger partial charge is 0.267 e. The van der Waals surface area contributed by atoms with E-state index in [9.17, 15) is 0 Å². The summed E-state index contributed by atoms with van der Waals surface area (Å²) in [5.74, 6) is 5.54. The van der Waals surface area contributed by atoms with Crippen molar-refractivity contribution < 1.29 is 0 Å². The normalized spacial score (nSPS) is 9.07. The van der Waals surface area contributed by atoms with Gasteiger partial charge in [0.15, 0.2) is 5.65 Å². The summed E-state index contributed by atoms with van der Waals surface area (Å²) in [6.45, 7) is 0.150. The second-order valence-corrected chi connectivity index (χ2v) is 2.66. The van der Waals surface area contributed by atoms with Crippen molar-refractivity contribution in [3.8, 4) is 11.8 Å². The molecule has 2 heterocycles. The average molecular weight is 198 g/mol. The fourth-order valence-electron chi connectivity index (χ4n) is 1.14. The molecule has 72 valence electrons. The lowest BCUT2D eigenvalue weighted by Crippen LogP contribution is -1.76. The number of pyridine rings is 1. The molecule has 0 aromatic carbocycles. The van der Waals surface area contributed by atoms with Gasteiger partial charge >= 0.3 is 0 Å². The van der Waals surface area contributed by atoms with Gasteiger partial charge in [0.05, 0.1) is 11.9 Å². The number of nitrogens with one attached hydrogen (secondary N) is 1. The first kappa shape index (κ1) is 9.06. The third-order valence-electron chi connectivity index (χ3n) is 1.76. The van der Waals surface area contributed by atoms with E-state index in [2.05, 4.69) is 37.0 Å². The molecule has 2 rings (SSSR count). The summed E-state index contributed by atoms with van der Waals surface area (Å²) in [6.07, 6.45) is 1.67. The molecule has 6 nitrogen and oxygen atoms in total. The van der Waals surface area contributed by atoms with Gasteiger partial charge < -0.3 is 0 Å². The smallest absolute Gasteiger partial charge is 0.182 e. The molecule has 0 atom stereocenters. The predicted octanol–water partition coefficient (Wildman–Crippen LogP) is 1.62. The SMILES string of the molecule is [N-]=[N+]=NCC#Cc1[nH]nc2ncccc12. The first-order chi connectivity index (χ1) is 7.42. The number of fused-ring (bicyclic) bond motifs is 1. The highest BCUT2D eigenvalue weighted by molar-refractivity contribution is 5.80.